The predicted molar refractivity (Wildman–Crippen MR) is 72.5 cm³/mol. The number of quaternary nitrogens is 1. The number of nitrogens with zero attached hydrogens (tertiary/aromatic N) is 2. The fraction of sp³-hybridized carbons (Fsp3) is 0.400. The molecular weight excluding hydrogens is 303 g/mol. The Kier molecular flexibility index (Phi) is 5.78. The standard InChI is InChI=1S/C10H14N3O6P.H3N/c1-17-20(15,16)18-6-7-2-3-9(19-7)13-5-4-8(11)12-10(13)14;/h2-5,7,9H,6H2,1H3,(H,15,16)(H2,11,12,14);1H3. The van der Waals surface area contributed by atoms with Crippen LogP contribution in [0.2, 0.25) is 0 Å². The second kappa shape index (κ2) is 6.94. The second-order valence-electron chi connectivity index (χ2n) is 3.92. The molecule has 2 rings (SSSR count). The van der Waals surface area contributed by atoms with Gasteiger partial charge < -0.3 is 30.6 Å². The minimum absolute atomic E-state index is 0. The van der Waals surface area contributed by atoms with E-state index in [0.29, 0.717) is 0 Å². The molecule has 0 aliphatic carbocycles. The van der Waals surface area contributed by atoms with Gasteiger partial charge in [-0.1, -0.05) is 6.08 Å². The van der Waals surface area contributed by atoms with E-state index in [1.54, 1.807) is 12.2 Å². The maximum atomic E-state index is 11.6. The molecule has 0 amide bonds. The fourth-order valence-electron chi connectivity index (χ4n) is 1.58. The number of aromatic nitrogens is 2. The third kappa shape index (κ3) is 4.46. The van der Waals surface area contributed by atoms with Gasteiger partial charge in [0.15, 0.2) is 6.23 Å². The molecule has 0 aromatic carbocycles. The highest BCUT2D eigenvalue weighted by atomic mass is 31.2. The lowest BCUT2D eigenvalue weighted by atomic mass is 10.4. The lowest BCUT2D eigenvalue weighted by Gasteiger charge is -2.22. The Morgan fingerprint density at radius 1 is 1.57 bits per heavy atom. The Labute approximate surface area is 120 Å². The summed E-state index contributed by atoms with van der Waals surface area (Å²) in [6, 6.07) is 1.46. The Hall–Kier alpha value is -1.55. The molecule has 0 saturated carbocycles. The Morgan fingerprint density at radius 2 is 2.29 bits per heavy atom. The zero-order valence-corrected chi connectivity index (χ0v) is 12.4. The Bertz CT molecular complexity index is 618. The summed E-state index contributed by atoms with van der Waals surface area (Å²) in [7, 11) is -3.29. The van der Waals surface area contributed by atoms with Crippen LogP contribution in [0.15, 0.2) is 29.2 Å². The van der Waals surface area contributed by atoms with Gasteiger partial charge in [0, 0.05) is 13.3 Å². The third-order valence-corrected chi connectivity index (χ3v) is 3.46. The second-order valence-corrected chi connectivity index (χ2v) is 5.44. The van der Waals surface area contributed by atoms with E-state index in [1.807, 2.05) is 0 Å². The van der Waals surface area contributed by atoms with Gasteiger partial charge in [0.1, 0.15) is 11.9 Å². The topological polar surface area (TPSA) is 165 Å². The van der Waals surface area contributed by atoms with Crippen LogP contribution in [0.3, 0.4) is 0 Å². The highest BCUT2D eigenvalue weighted by Gasteiger charge is 2.23. The lowest BCUT2D eigenvalue weighted by molar-refractivity contribution is -0.225. The quantitative estimate of drug-likeness (QED) is 0.555. The normalized spacial score (nSPS) is 23.5. The van der Waals surface area contributed by atoms with Crippen molar-refractivity contribution < 1.29 is 23.2 Å². The number of phosphoric acid groups is 1. The van der Waals surface area contributed by atoms with Gasteiger partial charge in [0.05, 0.1) is 6.61 Å². The van der Waals surface area contributed by atoms with Gasteiger partial charge in [-0.05, 0) is 12.1 Å². The molecule has 1 aromatic rings. The highest BCUT2D eigenvalue weighted by molar-refractivity contribution is 7.45. The van der Waals surface area contributed by atoms with Crippen LogP contribution in [0.1, 0.15) is 6.23 Å². The predicted octanol–water partition coefficient (Wildman–Crippen LogP) is -0.213. The smallest absolute Gasteiger partial charge is 0.351 e. The highest BCUT2D eigenvalue weighted by Crippen LogP contribution is 2.37. The van der Waals surface area contributed by atoms with E-state index in [4.69, 9.17) is 10.5 Å². The number of rotatable bonds is 5. The first-order chi connectivity index (χ1) is 9.41. The molecule has 118 valence electrons. The summed E-state index contributed by atoms with van der Waals surface area (Å²) in [6.07, 6.45) is 3.33. The van der Waals surface area contributed by atoms with Crippen LogP contribution < -0.4 is 22.5 Å². The van der Waals surface area contributed by atoms with Crippen molar-refractivity contribution in [3.63, 3.8) is 0 Å². The van der Waals surface area contributed by atoms with Crippen molar-refractivity contribution in [1.82, 2.24) is 15.7 Å². The van der Waals surface area contributed by atoms with Crippen molar-refractivity contribution in [1.29, 1.82) is 0 Å². The van der Waals surface area contributed by atoms with E-state index in [1.165, 1.54) is 16.8 Å². The van der Waals surface area contributed by atoms with Gasteiger partial charge >= 0.3 is 5.69 Å². The number of hydrogen-bond donors (Lipinski definition) is 2. The largest absolute Gasteiger partial charge is 0.756 e. The van der Waals surface area contributed by atoms with Gasteiger partial charge in [-0.2, -0.15) is 4.98 Å². The summed E-state index contributed by atoms with van der Waals surface area (Å²) in [5, 5.41) is 0. The van der Waals surface area contributed by atoms with Crippen molar-refractivity contribution in [3.8, 4) is 0 Å². The molecule has 0 spiro atoms. The van der Waals surface area contributed by atoms with Crippen LogP contribution in [0, 0.1) is 0 Å². The average Bonchev–Trinajstić information content (AvgIpc) is 2.85. The number of nitrogen functional groups attached to an aromatic ring is 1. The van der Waals surface area contributed by atoms with Gasteiger partial charge in [0.2, 0.25) is 0 Å². The number of anilines is 1. The molecule has 0 bridgehead atoms. The summed E-state index contributed by atoms with van der Waals surface area (Å²) in [4.78, 5) is 26.2. The van der Waals surface area contributed by atoms with Gasteiger partial charge in [0.25, 0.3) is 7.82 Å². The molecule has 6 N–H and O–H groups in total. The van der Waals surface area contributed by atoms with Gasteiger partial charge in [-0.15, -0.1) is 0 Å². The maximum absolute atomic E-state index is 11.6. The molecule has 1 aliphatic rings. The van der Waals surface area contributed by atoms with E-state index in [0.717, 1.165) is 7.11 Å². The van der Waals surface area contributed by atoms with Crippen molar-refractivity contribution in [2.75, 3.05) is 19.5 Å². The third-order valence-electron chi connectivity index (χ3n) is 2.55. The maximum Gasteiger partial charge on any atom is 0.351 e. The molecular formula is C10H17N4O6P. The van der Waals surface area contributed by atoms with Crippen molar-refractivity contribution in [3.05, 3.63) is 34.9 Å². The summed E-state index contributed by atoms with van der Waals surface area (Å²) in [6.45, 7) is -0.237. The van der Waals surface area contributed by atoms with E-state index in [-0.39, 0.29) is 18.6 Å². The first kappa shape index (κ1) is 17.5. The molecule has 1 aliphatic heterocycles. The van der Waals surface area contributed by atoms with Crippen LogP contribution in [0.25, 0.3) is 0 Å². The first-order valence-electron chi connectivity index (χ1n) is 5.61. The minimum atomic E-state index is -4.29. The van der Waals surface area contributed by atoms with Crippen LogP contribution in [0.4, 0.5) is 5.82 Å². The molecule has 3 unspecified atom stereocenters. The van der Waals surface area contributed by atoms with Gasteiger partial charge in [-0.25, -0.2) is 4.79 Å². The van der Waals surface area contributed by atoms with Gasteiger partial charge in [-0.3, -0.25) is 9.13 Å². The van der Waals surface area contributed by atoms with E-state index in [2.05, 4.69) is 14.0 Å². The van der Waals surface area contributed by atoms with Crippen molar-refractivity contribution in [2.24, 2.45) is 0 Å². The Balaban J connectivity index is 0.00000220. The Morgan fingerprint density at radius 3 is 2.90 bits per heavy atom. The average molecular weight is 320 g/mol. The van der Waals surface area contributed by atoms with Crippen molar-refractivity contribution >= 4 is 13.6 Å². The molecule has 1 aromatic heterocycles. The van der Waals surface area contributed by atoms with Crippen molar-refractivity contribution in [2.45, 2.75) is 12.3 Å². The van der Waals surface area contributed by atoms with Crippen LogP contribution in [-0.4, -0.2) is 29.4 Å². The van der Waals surface area contributed by atoms with E-state index < -0.39 is 25.8 Å². The zero-order valence-electron chi connectivity index (χ0n) is 11.5. The number of hydrogen-bond acceptors (Lipinski definition) is 8. The first-order valence-corrected chi connectivity index (χ1v) is 7.07. The molecule has 21 heavy (non-hydrogen) atoms. The number of phosphoric ester groups is 1. The fourth-order valence-corrected chi connectivity index (χ4v) is 2.01. The molecule has 0 fully saturated rings. The molecule has 10 nitrogen and oxygen atoms in total. The van der Waals surface area contributed by atoms with E-state index >= 15 is 0 Å². The lowest BCUT2D eigenvalue weighted by Crippen LogP contribution is -2.28. The molecule has 0 saturated heterocycles. The SMILES string of the molecule is COP(=O)([O-])OCC1C=CC(n2ccc(N)nc2=O)O1.[NH4+]. The molecule has 2 heterocycles. The monoisotopic (exact) mass is 320 g/mol. The number of nitrogens with two attached hydrogens (primary N) is 1. The molecule has 0 radical (unpaired) electrons. The summed E-state index contributed by atoms with van der Waals surface area (Å²) >= 11 is 0. The number of ether oxygens (including phenoxy) is 1. The molecule has 3 atom stereocenters. The van der Waals surface area contributed by atoms with Crippen LogP contribution >= 0.6 is 7.82 Å². The molecule has 11 heteroatoms. The summed E-state index contributed by atoms with van der Waals surface area (Å²) in [5.41, 5.74) is 4.82. The minimum Gasteiger partial charge on any atom is -0.756 e. The summed E-state index contributed by atoms with van der Waals surface area (Å²) < 4.78 is 26.4. The van der Waals surface area contributed by atoms with E-state index in [9.17, 15) is 14.3 Å². The zero-order chi connectivity index (χ0) is 14.8. The summed E-state index contributed by atoms with van der Waals surface area (Å²) in [5.74, 6) is 0.112. The van der Waals surface area contributed by atoms with Crippen LogP contribution in [0.5, 0.6) is 0 Å². The van der Waals surface area contributed by atoms with Crippen LogP contribution in [-0.2, 0) is 18.3 Å².